The minimum atomic E-state index is -2.87. The van der Waals surface area contributed by atoms with Gasteiger partial charge in [0.1, 0.15) is 11.5 Å². The van der Waals surface area contributed by atoms with Crippen molar-refractivity contribution in [3.8, 4) is 0 Å². The van der Waals surface area contributed by atoms with Gasteiger partial charge in [0.15, 0.2) is 9.84 Å². The van der Waals surface area contributed by atoms with Gasteiger partial charge in [-0.3, -0.25) is 0 Å². The van der Waals surface area contributed by atoms with Gasteiger partial charge in [0.05, 0.1) is 24.6 Å². The molecule has 1 fully saturated rings. The lowest BCUT2D eigenvalue weighted by Gasteiger charge is -2.23. The van der Waals surface area contributed by atoms with Gasteiger partial charge in [-0.15, -0.1) is 0 Å². The molecule has 17 heavy (non-hydrogen) atoms. The Balaban J connectivity index is 1.94. The lowest BCUT2D eigenvalue weighted by molar-refractivity contribution is 0.361. The van der Waals surface area contributed by atoms with E-state index in [1.807, 2.05) is 19.1 Å². The summed E-state index contributed by atoms with van der Waals surface area (Å²) in [4.78, 5) is 0. The Bertz CT molecular complexity index is 495. The Labute approximate surface area is 101 Å². The van der Waals surface area contributed by atoms with Crippen LogP contribution in [-0.2, 0) is 22.9 Å². The summed E-state index contributed by atoms with van der Waals surface area (Å²) in [7, 11) is -2.87. The van der Waals surface area contributed by atoms with Crippen molar-refractivity contribution in [2.75, 3.05) is 11.5 Å². The molecule has 0 radical (unpaired) electrons. The average Bonchev–Trinajstić information content (AvgIpc) is 2.81. The number of hydrogen-bond donors (Lipinski definition) is 2. The highest BCUT2D eigenvalue weighted by Crippen LogP contribution is 2.23. The Kier molecular flexibility index (Phi) is 3.29. The maximum atomic E-state index is 11.4. The van der Waals surface area contributed by atoms with Gasteiger partial charge in [-0.2, -0.15) is 0 Å². The third-order valence-electron chi connectivity index (χ3n) is 3.11. The quantitative estimate of drug-likeness (QED) is 0.816. The van der Waals surface area contributed by atoms with E-state index in [1.165, 1.54) is 0 Å². The molecule has 0 amide bonds. The molecule has 0 aromatic carbocycles. The molecule has 0 bridgehead atoms. The second-order valence-corrected chi connectivity index (χ2v) is 7.01. The molecule has 2 heterocycles. The number of furan rings is 1. The van der Waals surface area contributed by atoms with Gasteiger partial charge >= 0.3 is 0 Å². The van der Waals surface area contributed by atoms with Crippen LogP contribution in [0, 0.1) is 0 Å². The molecule has 1 aromatic rings. The topological polar surface area (TPSA) is 85.3 Å². The van der Waals surface area contributed by atoms with Gasteiger partial charge < -0.3 is 15.5 Å². The first-order valence-electron chi connectivity index (χ1n) is 5.66. The summed E-state index contributed by atoms with van der Waals surface area (Å²) in [6, 6.07) is 3.70. The lowest BCUT2D eigenvalue weighted by Crippen LogP contribution is -2.42. The van der Waals surface area contributed by atoms with Crippen molar-refractivity contribution in [1.82, 2.24) is 5.32 Å². The van der Waals surface area contributed by atoms with Crippen LogP contribution in [0.15, 0.2) is 16.5 Å². The fourth-order valence-corrected chi connectivity index (χ4v) is 4.20. The second-order valence-electron chi connectivity index (χ2n) is 4.83. The number of sulfone groups is 1. The van der Waals surface area contributed by atoms with Crippen LogP contribution in [0.3, 0.4) is 0 Å². The van der Waals surface area contributed by atoms with Gasteiger partial charge in [-0.25, -0.2) is 8.42 Å². The van der Waals surface area contributed by atoms with E-state index in [2.05, 4.69) is 5.32 Å². The molecule has 5 nitrogen and oxygen atoms in total. The third-order valence-corrected chi connectivity index (χ3v) is 5.01. The highest BCUT2D eigenvalue weighted by molar-refractivity contribution is 7.91. The molecular formula is C11H18N2O3S. The molecule has 1 atom stereocenters. The Morgan fingerprint density at radius 2 is 2.18 bits per heavy atom. The van der Waals surface area contributed by atoms with Gasteiger partial charge in [-0.05, 0) is 25.5 Å². The van der Waals surface area contributed by atoms with Gasteiger partial charge in [0, 0.05) is 5.54 Å². The highest BCUT2D eigenvalue weighted by Gasteiger charge is 2.37. The summed E-state index contributed by atoms with van der Waals surface area (Å²) in [6.45, 7) is 2.85. The molecular weight excluding hydrogens is 240 g/mol. The monoisotopic (exact) mass is 258 g/mol. The van der Waals surface area contributed by atoms with Crippen molar-refractivity contribution in [2.45, 2.75) is 32.0 Å². The van der Waals surface area contributed by atoms with Crippen LogP contribution in [0.1, 0.15) is 24.9 Å². The summed E-state index contributed by atoms with van der Waals surface area (Å²) in [6.07, 6.45) is 0.653. The largest absolute Gasteiger partial charge is 0.463 e. The van der Waals surface area contributed by atoms with Crippen molar-refractivity contribution in [1.29, 1.82) is 0 Å². The zero-order valence-corrected chi connectivity index (χ0v) is 10.7. The van der Waals surface area contributed by atoms with Crippen molar-refractivity contribution in [2.24, 2.45) is 5.73 Å². The summed E-state index contributed by atoms with van der Waals surface area (Å²) >= 11 is 0. The zero-order valence-electron chi connectivity index (χ0n) is 9.90. The van der Waals surface area contributed by atoms with E-state index in [9.17, 15) is 8.42 Å². The summed E-state index contributed by atoms with van der Waals surface area (Å²) in [5, 5.41) is 3.25. The average molecular weight is 258 g/mol. The molecule has 0 spiro atoms. The van der Waals surface area contributed by atoms with Crippen LogP contribution in [0.5, 0.6) is 0 Å². The second kappa shape index (κ2) is 4.44. The van der Waals surface area contributed by atoms with Gasteiger partial charge in [0.2, 0.25) is 0 Å². The first kappa shape index (κ1) is 12.6. The van der Waals surface area contributed by atoms with E-state index in [-0.39, 0.29) is 17.0 Å². The molecule has 6 heteroatoms. The molecule has 1 saturated heterocycles. The standard InChI is InChI=1S/C11H18N2O3S/c1-11(4-5-17(14,15)8-11)13-7-10-3-2-9(6-12)16-10/h2-3,13H,4-8,12H2,1H3. The Hall–Kier alpha value is -0.850. The molecule has 96 valence electrons. The summed E-state index contributed by atoms with van der Waals surface area (Å²) in [5.41, 5.74) is 5.11. The molecule has 0 aliphatic carbocycles. The Morgan fingerprint density at radius 3 is 2.71 bits per heavy atom. The SMILES string of the molecule is CC1(NCc2ccc(CN)o2)CCS(=O)(=O)C1. The molecule has 1 aliphatic rings. The minimum absolute atomic E-state index is 0.199. The normalized spacial score (nSPS) is 27.4. The summed E-state index contributed by atoms with van der Waals surface area (Å²) in [5.74, 6) is 2.00. The van der Waals surface area contributed by atoms with Crippen LogP contribution in [0.2, 0.25) is 0 Å². The smallest absolute Gasteiger partial charge is 0.152 e. The number of nitrogens with two attached hydrogens (primary N) is 1. The molecule has 1 aromatic heterocycles. The number of nitrogens with one attached hydrogen (secondary N) is 1. The van der Waals surface area contributed by atoms with E-state index in [4.69, 9.17) is 10.2 Å². The lowest BCUT2D eigenvalue weighted by atomic mass is 10.0. The van der Waals surface area contributed by atoms with Crippen LogP contribution >= 0.6 is 0 Å². The van der Waals surface area contributed by atoms with E-state index in [0.717, 1.165) is 11.5 Å². The fraction of sp³-hybridized carbons (Fsp3) is 0.636. The van der Waals surface area contributed by atoms with Gasteiger partial charge in [0.25, 0.3) is 0 Å². The maximum absolute atomic E-state index is 11.4. The third kappa shape index (κ3) is 3.08. The first-order chi connectivity index (χ1) is 7.92. The zero-order chi connectivity index (χ0) is 12.5. The molecule has 2 rings (SSSR count). The van der Waals surface area contributed by atoms with E-state index < -0.39 is 9.84 Å². The summed E-state index contributed by atoms with van der Waals surface area (Å²) < 4.78 is 28.3. The van der Waals surface area contributed by atoms with Crippen LogP contribution in [0.4, 0.5) is 0 Å². The van der Waals surface area contributed by atoms with E-state index in [0.29, 0.717) is 19.5 Å². The van der Waals surface area contributed by atoms with Crippen LogP contribution in [0.25, 0.3) is 0 Å². The minimum Gasteiger partial charge on any atom is -0.463 e. The fourth-order valence-electron chi connectivity index (χ4n) is 2.08. The van der Waals surface area contributed by atoms with Crippen LogP contribution < -0.4 is 11.1 Å². The molecule has 0 saturated carbocycles. The van der Waals surface area contributed by atoms with E-state index in [1.54, 1.807) is 0 Å². The molecule has 1 unspecified atom stereocenters. The van der Waals surface area contributed by atoms with Crippen LogP contribution in [-0.4, -0.2) is 25.5 Å². The van der Waals surface area contributed by atoms with Crippen molar-refractivity contribution in [3.63, 3.8) is 0 Å². The highest BCUT2D eigenvalue weighted by atomic mass is 32.2. The van der Waals surface area contributed by atoms with Crippen molar-refractivity contribution >= 4 is 9.84 Å². The first-order valence-corrected chi connectivity index (χ1v) is 7.48. The maximum Gasteiger partial charge on any atom is 0.152 e. The predicted octanol–water partition coefficient (Wildman–Crippen LogP) is 0.405. The predicted molar refractivity (Wildman–Crippen MR) is 65.1 cm³/mol. The molecule has 1 aliphatic heterocycles. The van der Waals surface area contributed by atoms with Gasteiger partial charge in [-0.1, -0.05) is 0 Å². The van der Waals surface area contributed by atoms with E-state index >= 15 is 0 Å². The number of rotatable bonds is 4. The number of hydrogen-bond acceptors (Lipinski definition) is 5. The molecule has 3 N–H and O–H groups in total. The van der Waals surface area contributed by atoms with Crippen molar-refractivity contribution < 1.29 is 12.8 Å². The Morgan fingerprint density at radius 1 is 1.47 bits per heavy atom. The van der Waals surface area contributed by atoms with Crippen molar-refractivity contribution in [3.05, 3.63) is 23.7 Å².